The van der Waals surface area contributed by atoms with Gasteiger partial charge < -0.3 is 14.8 Å². The highest BCUT2D eigenvalue weighted by Gasteiger charge is 2.14. The predicted molar refractivity (Wildman–Crippen MR) is 104 cm³/mol. The molecule has 0 unspecified atom stereocenters. The van der Waals surface area contributed by atoms with Crippen molar-refractivity contribution in [2.24, 2.45) is 0 Å². The lowest BCUT2D eigenvalue weighted by Gasteiger charge is -2.05. The zero-order chi connectivity index (χ0) is 19.2. The first-order chi connectivity index (χ1) is 13.1. The van der Waals surface area contributed by atoms with E-state index in [9.17, 15) is 9.59 Å². The van der Waals surface area contributed by atoms with Crippen molar-refractivity contribution in [2.45, 2.75) is 0 Å². The van der Waals surface area contributed by atoms with Crippen LogP contribution in [0.25, 0.3) is 0 Å². The summed E-state index contributed by atoms with van der Waals surface area (Å²) in [5.74, 6) is 0.693. The molecule has 2 N–H and O–H groups in total. The number of rotatable bonds is 6. The molecule has 0 spiro atoms. The molecule has 138 valence electrons. The van der Waals surface area contributed by atoms with Crippen molar-refractivity contribution >= 4 is 34.0 Å². The smallest absolute Gasteiger partial charge is 0.275 e. The first-order valence-corrected chi connectivity index (χ1v) is 8.83. The van der Waals surface area contributed by atoms with E-state index in [4.69, 9.17) is 9.47 Å². The summed E-state index contributed by atoms with van der Waals surface area (Å²) in [4.78, 5) is 28.7. The lowest BCUT2D eigenvalue weighted by Crippen LogP contribution is -2.14. The van der Waals surface area contributed by atoms with Crippen LogP contribution >= 0.6 is 11.3 Å². The molecule has 0 aliphatic carbocycles. The fourth-order valence-electron chi connectivity index (χ4n) is 2.22. The summed E-state index contributed by atoms with van der Waals surface area (Å²) < 4.78 is 10.1. The summed E-state index contributed by atoms with van der Waals surface area (Å²) in [6.45, 7) is 0. The Bertz CT molecular complexity index is 936. The summed E-state index contributed by atoms with van der Waals surface area (Å²) in [5.41, 5.74) is 1.31. The summed E-state index contributed by atoms with van der Waals surface area (Å²) in [7, 11) is 3.13. The van der Waals surface area contributed by atoms with E-state index in [0.717, 1.165) is 0 Å². The number of hydrogen-bond donors (Lipinski definition) is 2. The van der Waals surface area contributed by atoms with Crippen molar-refractivity contribution in [3.05, 3.63) is 65.2 Å². The van der Waals surface area contributed by atoms with Gasteiger partial charge >= 0.3 is 0 Å². The van der Waals surface area contributed by atoms with Gasteiger partial charge in [-0.3, -0.25) is 14.9 Å². The molecule has 0 aliphatic rings. The Hall–Kier alpha value is -3.39. The zero-order valence-corrected chi connectivity index (χ0v) is 15.5. The fraction of sp³-hybridized carbons (Fsp3) is 0.105. The lowest BCUT2D eigenvalue weighted by molar-refractivity contribution is 0.101. The van der Waals surface area contributed by atoms with Gasteiger partial charge in [-0.2, -0.15) is 0 Å². The monoisotopic (exact) mass is 383 g/mol. The molecule has 1 heterocycles. The summed E-state index contributed by atoms with van der Waals surface area (Å²) in [6.07, 6.45) is 0. The second kappa shape index (κ2) is 8.33. The average molecular weight is 383 g/mol. The van der Waals surface area contributed by atoms with Gasteiger partial charge in [0, 0.05) is 16.6 Å². The van der Waals surface area contributed by atoms with Crippen molar-refractivity contribution in [1.82, 2.24) is 4.98 Å². The Kier molecular flexibility index (Phi) is 5.68. The van der Waals surface area contributed by atoms with Gasteiger partial charge in [-0.1, -0.05) is 0 Å². The molecule has 0 radical (unpaired) electrons. The number of nitrogens with one attached hydrogen (secondary N) is 2. The molecule has 2 aromatic carbocycles. The van der Waals surface area contributed by atoms with Crippen LogP contribution in [-0.2, 0) is 0 Å². The predicted octanol–water partition coefficient (Wildman–Crippen LogP) is 3.66. The number of aromatic nitrogens is 1. The van der Waals surface area contributed by atoms with Crippen LogP contribution in [0, 0.1) is 0 Å². The fourth-order valence-corrected chi connectivity index (χ4v) is 2.90. The van der Waals surface area contributed by atoms with E-state index in [1.54, 1.807) is 68.1 Å². The number of carbonyl (C=O) groups excluding carboxylic acids is 2. The number of thiazole rings is 1. The van der Waals surface area contributed by atoms with E-state index in [1.165, 1.54) is 11.3 Å². The van der Waals surface area contributed by atoms with E-state index >= 15 is 0 Å². The quantitative estimate of drug-likeness (QED) is 0.678. The molecule has 3 aromatic rings. The summed E-state index contributed by atoms with van der Waals surface area (Å²) in [6, 6.07) is 13.7. The topological polar surface area (TPSA) is 89.6 Å². The van der Waals surface area contributed by atoms with E-state index in [-0.39, 0.29) is 17.5 Å². The minimum Gasteiger partial charge on any atom is -0.497 e. The second-order valence-electron chi connectivity index (χ2n) is 5.40. The molecule has 2 amide bonds. The zero-order valence-electron chi connectivity index (χ0n) is 14.7. The van der Waals surface area contributed by atoms with Gasteiger partial charge in [0.25, 0.3) is 11.8 Å². The van der Waals surface area contributed by atoms with Gasteiger partial charge in [0.15, 0.2) is 5.13 Å². The van der Waals surface area contributed by atoms with Crippen LogP contribution in [0.15, 0.2) is 53.9 Å². The summed E-state index contributed by atoms with van der Waals surface area (Å²) >= 11 is 1.18. The molecule has 0 atom stereocenters. The van der Waals surface area contributed by atoms with Gasteiger partial charge in [-0.05, 0) is 48.5 Å². The van der Waals surface area contributed by atoms with E-state index in [0.29, 0.717) is 27.9 Å². The summed E-state index contributed by atoms with van der Waals surface area (Å²) in [5, 5.41) is 7.35. The average Bonchev–Trinajstić information content (AvgIpc) is 3.17. The number of amides is 2. The normalized spacial score (nSPS) is 10.1. The van der Waals surface area contributed by atoms with Crippen LogP contribution in [0.2, 0.25) is 0 Å². The third-order valence-electron chi connectivity index (χ3n) is 3.66. The maximum Gasteiger partial charge on any atom is 0.275 e. The molecule has 0 bridgehead atoms. The van der Waals surface area contributed by atoms with Gasteiger partial charge in [0.1, 0.15) is 17.2 Å². The standard InChI is InChI=1S/C19H17N3O4S/c1-25-14-7-3-12(4-8-14)17(23)22-19-21-16(11-27-19)18(24)20-13-5-9-15(26-2)10-6-13/h3-11H,1-2H3,(H,20,24)(H,21,22,23). The van der Waals surface area contributed by atoms with Crippen LogP contribution in [-0.4, -0.2) is 31.0 Å². The number of hydrogen-bond acceptors (Lipinski definition) is 6. The minimum atomic E-state index is -0.360. The Balaban J connectivity index is 1.62. The molecule has 0 saturated carbocycles. The highest BCUT2D eigenvalue weighted by molar-refractivity contribution is 7.14. The third-order valence-corrected chi connectivity index (χ3v) is 4.42. The van der Waals surface area contributed by atoms with Crippen molar-refractivity contribution < 1.29 is 19.1 Å². The SMILES string of the molecule is COc1ccc(NC(=O)c2csc(NC(=O)c3ccc(OC)cc3)n2)cc1. The van der Waals surface area contributed by atoms with Crippen molar-refractivity contribution in [3.8, 4) is 11.5 Å². The highest BCUT2D eigenvalue weighted by Crippen LogP contribution is 2.20. The molecular weight excluding hydrogens is 366 g/mol. The Labute approximate surface area is 160 Å². The molecule has 27 heavy (non-hydrogen) atoms. The largest absolute Gasteiger partial charge is 0.497 e. The van der Waals surface area contributed by atoms with Gasteiger partial charge in [-0.25, -0.2) is 4.98 Å². The van der Waals surface area contributed by atoms with Crippen molar-refractivity contribution in [1.29, 1.82) is 0 Å². The minimum absolute atomic E-state index is 0.223. The van der Waals surface area contributed by atoms with E-state index in [1.807, 2.05) is 0 Å². The Morgan fingerprint density at radius 3 is 2.04 bits per heavy atom. The van der Waals surface area contributed by atoms with Crippen molar-refractivity contribution in [3.63, 3.8) is 0 Å². The molecule has 0 fully saturated rings. The third kappa shape index (κ3) is 4.62. The highest BCUT2D eigenvalue weighted by atomic mass is 32.1. The van der Waals surface area contributed by atoms with Gasteiger partial charge in [0.2, 0.25) is 0 Å². The van der Waals surface area contributed by atoms with Crippen LogP contribution in [0.5, 0.6) is 11.5 Å². The van der Waals surface area contributed by atoms with E-state index in [2.05, 4.69) is 15.6 Å². The first-order valence-electron chi connectivity index (χ1n) is 7.95. The lowest BCUT2D eigenvalue weighted by atomic mass is 10.2. The van der Waals surface area contributed by atoms with Gasteiger partial charge in [-0.15, -0.1) is 11.3 Å². The molecular formula is C19H17N3O4S. The number of ether oxygens (including phenoxy) is 2. The van der Waals surface area contributed by atoms with Crippen LogP contribution < -0.4 is 20.1 Å². The molecule has 1 aromatic heterocycles. The molecule has 0 aliphatic heterocycles. The number of benzene rings is 2. The maximum absolute atomic E-state index is 12.3. The number of nitrogens with zero attached hydrogens (tertiary/aromatic N) is 1. The Morgan fingerprint density at radius 2 is 1.44 bits per heavy atom. The number of carbonyl (C=O) groups is 2. The van der Waals surface area contributed by atoms with E-state index < -0.39 is 0 Å². The molecule has 8 heteroatoms. The number of anilines is 2. The molecule has 7 nitrogen and oxygen atoms in total. The van der Waals surface area contributed by atoms with Crippen molar-refractivity contribution in [2.75, 3.05) is 24.9 Å². The molecule has 3 rings (SSSR count). The van der Waals surface area contributed by atoms with Crippen LogP contribution in [0.3, 0.4) is 0 Å². The molecule has 0 saturated heterocycles. The maximum atomic E-state index is 12.3. The second-order valence-corrected chi connectivity index (χ2v) is 6.26. The number of methoxy groups -OCH3 is 2. The van der Waals surface area contributed by atoms with Crippen LogP contribution in [0.1, 0.15) is 20.8 Å². The Morgan fingerprint density at radius 1 is 0.852 bits per heavy atom. The first kappa shape index (κ1) is 18.4. The van der Waals surface area contributed by atoms with Gasteiger partial charge in [0.05, 0.1) is 14.2 Å². The van der Waals surface area contributed by atoms with Crippen LogP contribution in [0.4, 0.5) is 10.8 Å².